The summed E-state index contributed by atoms with van der Waals surface area (Å²) in [6.07, 6.45) is 8.91. The summed E-state index contributed by atoms with van der Waals surface area (Å²) in [7, 11) is 1.50. The third kappa shape index (κ3) is 8.17. The van der Waals surface area contributed by atoms with E-state index in [4.69, 9.17) is 0 Å². The fraction of sp³-hybridized carbons (Fsp3) is 0.778. The molecule has 0 aliphatic rings. The fourth-order valence-corrected chi connectivity index (χ4v) is 1.62. The summed E-state index contributed by atoms with van der Waals surface area (Å²) >= 11 is 0. The van der Waals surface area contributed by atoms with Gasteiger partial charge in [0.1, 0.15) is 0 Å². The largest absolute Gasteiger partial charge is 0.0840 e. The standard InChI is InChI=1S/C9H18P/c1-3-5-7-9-10-8-6-4-2/h6,8H,3-5,7,9H2,1-2H3. The van der Waals surface area contributed by atoms with Crippen LogP contribution in [0, 0.1) is 0 Å². The van der Waals surface area contributed by atoms with Crippen molar-refractivity contribution in [3.63, 3.8) is 0 Å². The SMILES string of the molecule is CCC=C[P]CCCCC. The van der Waals surface area contributed by atoms with Gasteiger partial charge in [-0.25, -0.2) is 0 Å². The van der Waals surface area contributed by atoms with Gasteiger partial charge in [-0.1, -0.05) is 47.2 Å². The second-order valence-electron chi connectivity index (χ2n) is 2.41. The van der Waals surface area contributed by atoms with Crippen molar-refractivity contribution in [2.24, 2.45) is 0 Å². The summed E-state index contributed by atoms with van der Waals surface area (Å²) in [5, 5.41) is 0. The average molecular weight is 157 g/mol. The summed E-state index contributed by atoms with van der Waals surface area (Å²) in [6.45, 7) is 4.43. The zero-order valence-corrected chi connectivity index (χ0v) is 8.03. The lowest BCUT2D eigenvalue weighted by Crippen LogP contribution is -1.73. The van der Waals surface area contributed by atoms with E-state index in [1.807, 2.05) is 0 Å². The molecule has 0 atom stereocenters. The second-order valence-corrected chi connectivity index (χ2v) is 3.52. The van der Waals surface area contributed by atoms with Crippen LogP contribution in [-0.4, -0.2) is 6.16 Å². The molecule has 0 unspecified atom stereocenters. The van der Waals surface area contributed by atoms with Crippen LogP contribution in [0.4, 0.5) is 0 Å². The molecule has 1 radical (unpaired) electrons. The summed E-state index contributed by atoms with van der Waals surface area (Å²) in [5.74, 6) is 2.27. The normalized spacial score (nSPS) is 12.2. The molecule has 10 heavy (non-hydrogen) atoms. The Morgan fingerprint density at radius 3 is 2.60 bits per heavy atom. The number of unbranched alkanes of at least 4 members (excludes halogenated alkanes) is 2. The van der Waals surface area contributed by atoms with Crippen molar-refractivity contribution in [2.45, 2.75) is 39.5 Å². The summed E-state index contributed by atoms with van der Waals surface area (Å²) in [6, 6.07) is 0. The maximum atomic E-state index is 2.27. The molecule has 0 aromatic carbocycles. The topological polar surface area (TPSA) is 0 Å². The summed E-state index contributed by atoms with van der Waals surface area (Å²) in [4.78, 5) is 0. The molecular formula is C9H18P. The number of allylic oxidation sites excluding steroid dienone is 1. The molecule has 0 aliphatic carbocycles. The molecule has 0 nitrogen and oxygen atoms in total. The van der Waals surface area contributed by atoms with Gasteiger partial charge in [0.2, 0.25) is 0 Å². The Hall–Kier alpha value is 0.170. The van der Waals surface area contributed by atoms with Gasteiger partial charge in [0, 0.05) is 0 Å². The predicted molar refractivity (Wildman–Crippen MR) is 50.7 cm³/mol. The van der Waals surface area contributed by atoms with Crippen molar-refractivity contribution in [3.05, 3.63) is 11.9 Å². The fourth-order valence-electron chi connectivity index (χ4n) is 0.708. The quantitative estimate of drug-likeness (QED) is 0.403. The highest BCUT2D eigenvalue weighted by molar-refractivity contribution is 7.41. The van der Waals surface area contributed by atoms with Crippen molar-refractivity contribution in [2.75, 3.05) is 6.16 Å². The minimum absolute atomic E-state index is 1.18. The van der Waals surface area contributed by atoms with Crippen molar-refractivity contribution in [1.29, 1.82) is 0 Å². The molecule has 0 fully saturated rings. The molecule has 0 bridgehead atoms. The van der Waals surface area contributed by atoms with E-state index in [2.05, 4.69) is 25.7 Å². The maximum absolute atomic E-state index is 2.27. The molecule has 0 saturated heterocycles. The Morgan fingerprint density at radius 1 is 1.20 bits per heavy atom. The van der Waals surface area contributed by atoms with Gasteiger partial charge in [0.05, 0.1) is 0 Å². The van der Waals surface area contributed by atoms with Crippen LogP contribution in [-0.2, 0) is 0 Å². The van der Waals surface area contributed by atoms with E-state index in [9.17, 15) is 0 Å². The van der Waals surface area contributed by atoms with E-state index in [0.29, 0.717) is 0 Å². The molecule has 0 N–H and O–H groups in total. The average Bonchev–Trinajstić information content (AvgIpc) is 1.97. The zero-order chi connectivity index (χ0) is 7.66. The monoisotopic (exact) mass is 157 g/mol. The van der Waals surface area contributed by atoms with Crippen LogP contribution >= 0.6 is 8.58 Å². The molecule has 0 amide bonds. The molecule has 1 heteroatoms. The highest BCUT2D eigenvalue weighted by Crippen LogP contribution is 2.14. The molecule has 0 aliphatic heterocycles. The lowest BCUT2D eigenvalue weighted by Gasteiger charge is -1.92. The van der Waals surface area contributed by atoms with Crippen molar-refractivity contribution >= 4 is 8.58 Å². The molecule has 0 aromatic heterocycles. The first-order valence-corrected chi connectivity index (χ1v) is 5.38. The minimum atomic E-state index is 1.18. The maximum Gasteiger partial charge on any atom is -0.0250 e. The number of hydrogen-bond acceptors (Lipinski definition) is 0. The summed E-state index contributed by atoms with van der Waals surface area (Å²) in [5.41, 5.74) is 0. The molecule has 0 heterocycles. The third-order valence-corrected chi connectivity index (χ3v) is 2.33. The van der Waals surface area contributed by atoms with E-state index in [1.165, 1.54) is 40.4 Å². The molecule has 0 spiro atoms. The molecule has 0 rings (SSSR count). The van der Waals surface area contributed by atoms with Gasteiger partial charge in [-0.3, -0.25) is 0 Å². The lowest BCUT2D eigenvalue weighted by atomic mass is 10.3. The first-order chi connectivity index (χ1) is 4.91. The smallest absolute Gasteiger partial charge is 0.0250 e. The highest BCUT2D eigenvalue weighted by atomic mass is 31.1. The Kier molecular flexibility index (Phi) is 9.33. The van der Waals surface area contributed by atoms with Crippen LogP contribution in [0.5, 0.6) is 0 Å². The van der Waals surface area contributed by atoms with E-state index in [0.717, 1.165) is 0 Å². The Labute approximate surface area is 66.9 Å². The molecule has 0 saturated carbocycles. The molecule has 59 valence electrons. The molecule has 0 aromatic rings. The van der Waals surface area contributed by atoms with Crippen molar-refractivity contribution in [1.82, 2.24) is 0 Å². The second kappa shape index (κ2) is 9.17. The predicted octanol–water partition coefficient (Wildman–Crippen LogP) is 4.05. The van der Waals surface area contributed by atoms with Crippen molar-refractivity contribution < 1.29 is 0 Å². The molecular weight excluding hydrogens is 139 g/mol. The highest BCUT2D eigenvalue weighted by Gasteiger charge is 1.83. The van der Waals surface area contributed by atoms with Gasteiger partial charge in [-0.05, 0) is 19.0 Å². The van der Waals surface area contributed by atoms with E-state index in [1.54, 1.807) is 0 Å². The van der Waals surface area contributed by atoms with Gasteiger partial charge in [-0.2, -0.15) is 0 Å². The van der Waals surface area contributed by atoms with Crippen LogP contribution in [0.15, 0.2) is 11.9 Å². The van der Waals surface area contributed by atoms with Crippen LogP contribution in [0.3, 0.4) is 0 Å². The summed E-state index contributed by atoms with van der Waals surface area (Å²) < 4.78 is 0. The Bertz CT molecular complexity index is 76.8. The zero-order valence-electron chi connectivity index (χ0n) is 7.14. The lowest BCUT2D eigenvalue weighted by molar-refractivity contribution is 0.778. The van der Waals surface area contributed by atoms with E-state index in [-0.39, 0.29) is 0 Å². The van der Waals surface area contributed by atoms with Crippen LogP contribution in [0.2, 0.25) is 0 Å². The van der Waals surface area contributed by atoms with Crippen molar-refractivity contribution in [3.8, 4) is 0 Å². The van der Waals surface area contributed by atoms with E-state index < -0.39 is 0 Å². The first kappa shape index (κ1) is 10.2. The third-order valence-electron chi connectivity index (χ3n) is 1.34. The van der Waals surface area contributed by atoms with Gasteiger partial charge in [-0.15, -0.1) is 0 Å². The van der Waals surface area contributed by atoms with Crippen LogP contribution in [0.1, 0.15) is 39.5 Å². The minimum Gasteiger partial charge on any atom is -0.0840 e. The first-order valence-electron chi connectivity index (χ1n) is 4.23. The number of rotatable bonds is 6. The Balaban J connectivity index is 2.83. The van der Waals surface area contributed by atoms with E-state index >= 15 is 0 Å². The Morgan fingerprint density at radius 2 is 2.00 bits per heavy atom. The van der Waals surface area contributed by atoms with Gasteiger partial charge in [0.25, 0.3) is 0 Å². The van der Waals surface area contributed by atoms with Gasteiger partial charge in [0.15, 0.2) is 0 Å². The van der Waals surface area contributed by atoms with Crippen LogP contribution in [0.25, 0.3) is 0 Å². The van der Waals surface area contributed by atoms with Gasteiger partial charge < -0.3 is 0 Å². The van der Waals surface area contributed by atoms with Crippen LogP contribution < -0.4 is 0 Å². The van der Waals surface area contributed by atoms with Gasteiger partial charge >= 0.3 is 0 Å². The number of hydrogen-bond donors (Lipinski definition) is 0.